The minimum Gasteiger partial charge on any atom is -0.477 e. The Morgan fingerprint density at radius 1 is 1.17 bits per heavy atom. The third-order valence-electron chi connectivity index (χ3n) is 4.58. The number of likely N-dealkylation sites (N-methyl/N-ethyl adjacent to an activating group) is 1. The summed E-state index contributed by atoms with van der Waals surface area (Å²) in [6.07, 6.45) is -0.823. The van der Waals surface area contributed by atoms with Crippen molar-refractivity contribution in [1.82, 2.24) is 10.6 Å². The molecular formula is C20H20N4O6. The molecule has 0 saturated carbocycles. The lowest BCUT2D eigenvalue weighted by Gasteiger charge is -2.34. The van der Waals surface area contributed by atoms with E-state index in [9.17, 15) is 24.5 Å². The van der Waals surface area contributed by atoms with Gasteiger partial charge in [-0.05, 0) is 24.3 Å². The van der Waals surface area contributed by atoms with Crippen LogP contribution in [0.1, 0.15) is 16.8 Å². The highest BCUT2D eigenvalue weighted by Gasteiger charge is 2.33. The zero-order valence-electron chi connectivity index (χ0n) is 16.2. The molecule has 1 atom stereocenters. The van der Waals surface area contributed by atoms with Gasteiger partial charge in [-0.25, -0.2) is 0 Å². The van der Waals surface area contributed by atoms with Crippen LogP contribution in [0.15, 0.2) is 48.5 Å². The number of fused-ring (bicyclic) bond motifs is 1. The maximum atomic E-state index is 12.8. The second-order valence-corrected chi connectivity index (χ2v) is 6.50. The maximum Gasteiger partial charge on any atom is 0.269 e. The van der Waals surface area contributed by atoms with Crippen molar-refractivity contribution in [3.05, 3.63) is 64.2 Å². The Labute approximate surface area is 172 Å². The van der Waals surface area contributed by atoms with E-state index in [1.165, 1.54) is 36.2 Å². The van der Waals surface area contributed by atoms with Crippen LogP contribution in [0.4, 0.5) is 11.4 Å². The van der Waals surface area contributed by atoms with Gasteiger partial charge in [-0.1, -0.05) is 12.1 Å². The molecule has 10 nitrogen and oxygen atoms in total. The van der Waals surface area contributed by atoms with Crippen molar-refractivity contribution in [1.29, 1.82) is 0 Å². The molecule has 0 aromatic heterocycles. The van der Waals surface area contributed by atoms with Crippen molar-refractivity contribution < 1.29 is 24.0 Å². The predicted octanol–water partition coefficient (Wildman–Crippen LogP) is 1.25. The average molecular weight is 412 g/mol. The van der Waals surface area contributed by atoms with Crippen LogP contribution in [0, 0.1) is 10.1 Å². The molecular weight excluding hydrogens is 392 g/mol. The molecule has 2 N–H and O–H groups in total. The lowest BCUT2D eigenvalue weighted by atomic mass is 10.1. The van der Waals surface area contributed by atoms with E-state index < -0.39 is 16.9 Å². The van der Waals surface area contributed by atoms with E-state index in [1.807, 2.05) is 0 Å². The molecule has 30 heavy (non-hydrogen) atoms. The van der Waals surface area contributed by atoms with Gasteiger partial charge in [-0.2, -0.15) is 0 Å². The van der Waals surface area contributed by atoms with Gasteiger partial charge in [0.2, 0.25) is 5.91 Å². The van der Waals surface area contributed by atoms with Gasteiger partial charge in [0.25, 0.3) is 17.5 Å². The zero-order valence-corrected chi connectivity index (χ0v) is 16.2. The summed E-state index contributed by atoms with van der Waals surface area (Å²) in [5.74, 6) is -0.624. The van der Waals surface area contributed by atoms with Crippen LogP contribution < -0.4 is 20.3 Å². The number of nitrogens with zero attached hydrogens (tertiary/aromatic N) is 2. The summed E-state index contributed by atoms with van der Waals surface area (Å²) in [4.78, 5) is 48.5. The van der Waals surface area contributed by atoms with Gasteiger partial charge in [-0.15, -0.1) is 0 Å². The molecule has 3 rings (SSSR count). The average Bonchev–Trinajstić information content (AvgIpc) is 2.77. The quantitative estimate of drug-likeness (QED) is 0.542. The number of carbonyl (C=O) groups is 3. The number of anilines is 1. The van der Waals surface area contributed by atoms with Crippen molar-refractivity contribution in [3.8, 4) is 5.75 Å². The third-order valence-corrected chi connectivity index (χ3v) is 4.58. The number of amides is 3. The van der Waals surface area contributed by atoms with Gasteiger partial charge in [0, 0.05) is 37.7 Å². The molecule has 0 saturated heterocycles. The molecule has 0 radical (unpaired) electrons. The number of para-hydroxylation sites is 2. The van der Waals surface area contributed by atoms with Crippen LogP contribution in [0.3, 0.4) is 0 Å². The largest absolute Gasteiger partial charge is 0.477 e. The second kappa shape index (κ2) is 9.03. The van der Waals surface area contributed by atoms with Gasteiger partial charge in [0.15, 0.2) is 6.10 Å². The number of non-ortho nitro benzene ring substituents is 1. The zero-order chi connectivity index (χ0) is 21.7. The van der Waals surface area contributed by atoms with Crippen LogP contribution >= 0.6 is 0 Å². The summed E-state index contributed by atoms with van der Waals surface area (Å²) >= 11 is 0. The first-order valence-electron chi connectivity index (χ1n) is 9.21. The Balaban J connectivity index is 1.61. The molecule has 0 unspecified atom stereocenters. The Morgan fingerprint density at radius 2 is 1.87 bits per heavy atom. The van der Waals surface area contributed by atoms with Crippen LogP contribution in [0.5, 0.6) is 5.75 Å². The fourth-order valence-corrected chi connectivity index (χ4v) is 3.02. The Hall–Kier alpha value is -3.95. The first-order valence-corrected chi connectivity index (χ1v) is 9.21. The molecule has 0 fully saturated rings. The molecule has 1 aliphatic heterocycles. The number of nitrogens with one attached hydrogen (secondary N) is 2. The third kappa shape index (κ3) is 4.54. The summed E-state index contributed by atoms with van der Waals surface area (Å²) in [7, 11) is 1.49. The number of nitro groups is 1. The smallest absolute Gasteiger partial charge is 0.269 e. The SMILES string of the molecule is CNC(=O)[C@@H]1CN(C(=O)CCNC(=O)c2ccc([N+](=O)[O-])cc2)c2ccccc2O1. The van der Waals surface area contributed by atoms with Gasteiger partial charge < -0.3 is 20.3 Å². The van der Waals surface area contributed by atoms with Crippen molar-refractivity contribution in [2.75, 3.05) is 25.0 Å². The predicted molar refractivity (Wildman–Crippen MR) is 107 cm³/mol. The molecule has 0 aliphatic carbocycles. The molecule has 1 heterocycles. The lowest BCUT2D eigenvalue weighted by molar-refractivity contribution is -0.384. The van der Waals surface area contributed by atoms with Crippen molar-refractivity contribution in [2.24, 2.45) is 0 Å². The summed E-state index contributed by atoms with van der Waals surface area (Å²) < 4.78 is 5.67. The van der Waals surface area contributed by atoms with E-state index in [4.69, 9.17) is 4.74 Å². The molecule has 2 aromatic carbocycles. The molecule has 0 bridgehead atoms. The number of rotatable bonds is 6. The molecule has 0 spiro atoms. The van der Waals surface area contributed by atoms with Crippen LogP contribution in [-0.2, 0) is 9.59 Å². The van der Waals surface area contributed by atoms with Crippen LogP contribution in [-0.4, -0.2) is 48.9 Å². The highest BCUT2D eigenvalue weighted by Crippen LogP contribution is 2.33. The van der Waals surface area contributed by atoms with Crippen molar-refractivity contribution in [2.45, 2.75) is 12.5 Å². The monoisotopic (exact) mass is 412 g/mol. The number of hydrogen-bond donors (Lipinski definition) is 2. The first-order chi connectivity index (χ1) is 14.4. The van der Waals surface area contributed by atoms with E-state index in [0.29, 0.717) is 11.4 Å². The minimum absolute atomic E-state index is 0.00746. The van der Waals surface area contributed by atoms with Crippen LogP contribution in [0.2, 0.25) is 0 Å². The standard InChI is InChI=1S/C20H20N4O6/c1-21-20(27)17-12-23(15-4-2-3-5-16(15)30-17)18(25)10-11-22-19(26)13-6-8-14(9-7-13)24(28)29/h2-9,17H,10-12H2,1H3,(H,21,27)(H,22,26)/t17-/m0/s1. The second-order valence-electron chi connectivity index (χ2n) is 6.50. The summed E-state index contributed by atoms with van der Waals surface area (Å²) in [6.45, 7) is 0.130. The first kappa shape index (κ1) is 20.8. The van der Waals surface area contributed by atoms with Crippen molar-refractivity contribution in [3.63, 3.8) is 0 Å². The number of ether oxygens (including phenoxy) is 1. The molecule has 1 aliphatic rings. The van der Waals surface area contributed by atoms with Gasteiger partial charge in [0.05, 0.1) is 17.2 Å². The number of hydrogen-bond acceptors (Lipinski definition) is 6. The number of carbonyl (C=O) groups excluding carboxylic acids is 3. The Bertz CT molecular complexity index is 976. The highest BCUT2D eigenvalue weighted by molar-refractivity contribution is 5.98. The Morgan fingerprint density at radius 3 is 2.53 bits per heavy atom. The lowest BCUT2D eigenvalue weighted by Crippen LogP contribution is -2.50. The maximum absolute atomic E-state index is 12.8. The molecule has 10 heteroatoms. The van der Waals surface area contributed by atoms with E-state index in [-0.39, 0.29) is 42.6 Å². The molecule has 2 aromatic rings. The van der Waals surface area contributed by atoms with Gasteiger partial charge >= 0.3 is 0 Å². The van der Waals surface area contributed by atoms with Crippen molar-refractivity contribution >= 4 is 29.1 Å². The minimum atomic E-state index is -0.830. The number of benzene rings is 2. The number of nitro benzene ring substituents is 1. The topological polar surface area (TPSA) is 131 Å². The summed E-state index contributed by atoms with van der Waals surface area (Å²) in [6, 6.07) is 12.1. The fraction of sp³-hybridized carbons (Fsp3) is 0.250. The normalized spacial score (nSPS) is 14.8. The highest BCUT2D eigenvalue weighted by atomic mass is 16.6. The van der Waals surface area contributed by atoms with E-state index in [1.54, 1.807) is 24.3 Å². The fourth-order valence-electron chi connectivity index (χ4n) is 3.02. The van der Waals surface area contributed by atoms with E-state index >= 15 is 0 Å². The summed E-state index contributed by atoms with van der Waals surface area (Å²) in [5.41, 5.74) is 0.701. The van der Waals surface area contributed by atoms with Crippen LogP contribution in [0.25, 0.3) is 0 Å². The van der Waals surface area contributed by atoms with Gasteiger partial charge in [-0.3, -0.25) is 24.5 Å². The molecule has 3 amide bonds. The molecule has 156 valence electrons. The van der Waals surface area contributed by atoms with Gasteiger partial charge in [0.1, 0.15) is 5.75 Å². The Kier molecular flexibility index (Phi) is 6.26. The van der Waals surface area contributed by atoms with E-state index in [2.05, 4.69) is 10.6 Å². The van der Waals surface area contributed by atoms with E-state index in [0.717, 1.165) is 0 Å². The summed E-state index contributed by atoms with van der Waals surface area (Å²) in [5, 5.41) is 15.8.